The Morgan fingerprint density at radius 2 is 1.61 bits per heavy atom. The number of amides is 1. The van der Waals surface area contributed by atoms with E-state index in [9.17, 15) is 9.59 Å². The van der Waals surface area contributed by atoms with Crippen molar-refractivity contribution >= 4 is 12.1 Å². The van der Waals surface area contributed by atoms with Crippen LogP contribution in [0.3, 0.4) is 0 Å². The molecule has 164 valence electrons. The molecule has 1 aromatic heterocycles. The van der Waals surface area contributed by atoms with Gasteiger partial charge in [0.25, 0.3) is 11.5 Å². The van der Waals surface area contributed by atoms with Crippen molar-refractivity contribution in [1.29, 1.82) is 0 Å². The summed E-state index contributed by atoms with van der Waals surface area (Å²) in [5.41, 5.74) is 5.02. The van der Waals surface area contributed by atoms with Gasteiger partial charge in [0.1, 0.15) is 11.3 Å². The standard InChI is InChI=1S/C26H22N4O3/c1-2-33-21-15-13-18(14-16-21)17-27-29-25(31)23-22(19-9-5-3-6-10-19)24(28-30-26(23)32)20-11-7-4-8-12-20/h3-17H,2H2,1H3,(H,29,31)(H,30,32). The summed E-state index contributed by atoms with van der Waals surface area (Å²) in [6, 6.07) is 25.9. The number of aromatic amines is 1. The average Bonchev–Trinajstić information content (AvgIpc) is 2.86. The number of benzene rings is 3. The zero-order chi connectivity index (χ0) is 23.0. The van der Waals surface area contributed by atoms with E-state index in [0.29, 0.717) is 23.4 Å². The first-order chi connectivity index (χ1) is 16.2. The average molecular weight is 438 g/mol. The van der Waals surface area contributed by atoms with Crippen molar-refractivity contribution in [3.05, 3.63) is 106 Å². The number of nitrogens with zero attached hydrogens (tertiary/aromatic N) is 2. The Balaban J connectivity index is 1.69. The molecule has 0 spiro atoms. The fraction of sp³-hybridized carbons (Fsp3) is 0.0769. The van der Waals surface area contributed by atoms with E-state index in [1.165, 1.54) is 6.21 Å². The lowest BCUT2D eigenvalue weighted by Crippen LogP contribution is -2.28. The van der Waals surface area contributed by atoms with E-state index in [-0.39, 0.29) is 5.56 Å². The highest BCUT2D eigenvalue weighted by Gasteiger charge is 2.22. The molecular formula is C26H22N4O3. The Labute approximate surface area is 190 Å². The van der Waals surface area contributed by atoms with Gasteiger partial charge in [0.15, 0.2) is 0 Å². The van der Waals surface area contributed by atoms with Crippen molar-refractivity contribution in [3.8, 4) is 28.1 Å². The van der Waals surface area contributed by atoms with Gasteiger partial charge in [0.2, 0.25) is 0 Å². The smallest absolute Gasteiger partial charge is 0.277 e. The summed E-state index contributed by atoms with van der Waals surface area (Å²) in [5.74, 6) is 0.125. The molecule has 0 atom stereocenters. The Kier molecular flexibility index (Phi) is 6.70. The van der Waals surface area contributed by atoms with Crippen molar-refractivity contribution in [2.24, 2.45) is 5.10 Å². The highest BCUT2D eigenvalue weighted by atomic mass is 16.5. The van der Waals surface area contributed by atoms with Crippen LogP contribution >= 0.6 is 0 Å². The molecule has 0 radical (unpaired) electrons. The monoisotopic (exact) mass is 438 g/mol. The molecule has 1 amide bonds. The van der Waals surface area contributed by atoms with Gasteiger partial charge in [-0.25, -0.2) is 10.5 Å². The van der Waals surface area contributed by atoms with Crippen LogP contribution in [0.1, 0.15) is 22.8 Å². The molecule has 0 saturated heterocycles. The summed E-state index contributed by atoms with van der Waals surface area (Å²) in [5, 5.41) is 10.7. The van der Waals surface area contributed by atoms with Gasteiger partial charge in [-0.15, -0.1) is 0 Å². The lowest BCUT2D eigenvalue weighted by molar-refractivity contribution is 0.0954. The van der Waals surface area contributed by atoms with Crippen molar-refractivity contribution in [3.63, 3.8) is 0 Å². The van der Waals surface area contributed by atoms with Crippen molar-refractivity contribution in [2.45, 2.75) is 6.92 Å². The molecule has 7 heteroatoms. The number of ether oxygens (including phenoxy) is 1. The number of rotatable bonds is 7. The Hall–Kier alpha value is -4.52. The predicted molar refractivity (Wildman–Crippen MR) is 128 cm³/mol. The van der Waals surface area contributed by atoms with Crippen LogP contribution in [0.15, 0.2) is 94.8 Å². The van der Waals surface area contributed by atoms with E-state index in [1.54, 1.807) is 0 Å². The molecule has 4 rings (SSSR count). The van der Waals surface area contributed by atoms with E-state index in [1.807, 2.05) is 91.9 Å². The van der Waals surface area contributed by atoms with Gasteiger partial charge in [0.05, 0.1) is 18.5 Å². The molecule has 0 saturated carbocycles. The normalized spacial score (nSPS) is 10.8. The van der Waals surface area contributed by atoms with E-state index in [0.717, 1.165) is 16.9 Å². The lowest BCUT2D eigenvalue weighted by atomic mass is 9.95. The number of carbonyl (C=O) groups is 1. The topological polar surface area (TPSA) is 96.4 Å². The van der Waals surface area contributed by atoms with Gasteiger partial charge >= 0.3 is 0 Å². The first-order valence-electron chi connectivity index (χ1n) is 10.5. The largest absolute Gasteiger partial charge is 0.494 e. The molecule has 0 bridgehead atoms. The molecule has 0 aliphatic carbocycles. The predicted octanol–water partition coefficient (Wildman–Crippen LogP) is 4.27. The number of H-pyrrole nitrogens is 1. The Morgan fingerprint density at radius 3 is 2.24 bits per heavy atom. The quantitative estimate of drug-likeness (QED) is 0.333. The summed E-state index contributed by atoms with van der Waals surface area (Å²) in [4.78, 5) is 25.8. The fourth-order valence-electron chi connectivity index (χ4n) is 3.40. The molecule has 1 heterocycles. The molecule has 0 aliphatic rings. The summed E-state index contributed by atoms with van der Waals surface area (Å²) >= 11 is 0. The molecule has 0 fully saturated rings. The minimum atomic E-state index is -0.628. The number of carbonyl (C=O) groups excluding carboxylic acids is 1. The SMILES string of the molecule is CCOc1ccc(C=NNC(=O)c2c(-c3ccccc3)c(-c3ccccc3)n[nH]c2=O)cc1. The number of hydrogen-bond acceptors (Lipinski definition) is 5. The maximum atomic E-state index is 13.1. The van der Waals surface area contributed by atoms with Gasteiger partial charge in [-0.3, -0.25) is 9.59 Å². The molecule has 2 N–H and O–H groups in total. The maximum absolute atomic E-state index is 13.1. The summed E-state index contributed by atoms with van der Waals surface area (Å²) in [7, 11) is 0. The number of hydrazone groups is 1. The molecule has 33 heavy (non-hydrogen) atoms. The molecule has 0 aliphatic heterocycles. The summed E-state index contributed by atoms with van der Waals surface area (Å²) < 4.78 is 5.42. The number of aromatic nitrogens is 2. The van der Waals surface area contributed by atoms with Gasteiger partial charge in [-0.05, 0) is 42.3 Å². The highest BCUT2D eigenvalue weighted by Crippen LogP contribution is 2.31. The highest BCUT2D eigenvalue weighted by molar-refractivity contribution is 6.03. The van der Waals surface area contributed by atoms with Gasteiger partial charge < -0.3 is 4.74 Å². The third kappa shape index (κ3) is 5.04. The van der Waals surface area contributed by atoms with Crippen LogP contribution in [0.2, 0.25) is 0 Å². The van der Waals surface area contributed by atoms with E-state index < -0.39 is 11.5 Å². The minimum Gasteiger partial charge on any atom is -0.494 e. The van der Waals surface area contributed by atoms with Crippen molar-refractivity contribution in [2.75, 3.05) is 6.61 Å². The third-order valence-corrected chi connectivity index (χ3v) is 4.89. The number of nitrogens with one attached hydrogen (secondary N) is 2. The van der Waals surface area contributed by atoms with Crippen LogP contribution in [0.4, 0.5) is 0 Å². The molecule has 7 nitrogen and oxygen atoms in total. The first kappa shape index (κ1) is 21.7. The Morgan fingerprint density at radius 1 is 0.970 bits per heavy atom. The number of hydrogen-bond donors (Lipinski definition) is 2. The minimum absolute atomic E-state index is 0.0566. The first-order valence-corrected chi connectivity index (χ1v) is 10.5. The van der Waals surface area contributed by atoms with Gasteiger partial charge in [0, 0.05) is 11.1 Å². The van der Waals surface area contributed by atoms with Crippen LogP contribution in [0.5, 0.6) is 5.75 Å². The molecule has 4 aromatic rings. The van der Waals surface area contributed by atoms with Crippen LogP contribution in [-0.2, 0) is 0 Å². The second-order valence-electron chi connectivity index (χ2n) is 7.08. The van der Waals surface area contributed by atoms with Crippen LogP contribution in [0, 0.1) is 0 Å². The molecule has 3 aromatic carbocycles. The summed E-state index contributed by atoms with van der Waals surface area (Å²) in [6.07, 6.45) is 1.50. The molecular weight excluding hydrogens is 416 g/mol. The second kappa shape index (κ2) is 10.2. The lowest BCUT2D eigenvalue weighted by Gasteiger charge is -2.12. The van der Waals surface area contributed by atoms with E-state index >= 15 is 0 Å². The van der Waals surface area contributed by atoms with E-state index in [4.69, 9.17) is 4.74 Å². The van der Waals surface area contributed by atoms with Crippen molar-refractivity contribution < 1.29 is 9.53 Å². The molecule has 0 unspecified atom stereocenters. The Bertz CT molecular complexity index is 1320. The second-order valence-corrected chi connectivity index (χ2v) is 7.08. The van der Waals surface area contributed by atoms with Crippen LogP contribution < -0.4 is 15.7 Å². The maximum Gasteiger partial charge on any atom is 0.277 e. The van der Waals surface area contributed by atoms with Crippen LogP contribution in [-0.4, -0.2) is 28.9 Å². The zero-order valence-corrected chi connectivity index (χ0v) is 18.0. The van der Waals surface area contributed by atoms with Gasteiger partial charge in [-0.1, -0.05) is 60.7 Å². The summed E-state index contributed by atoms with van der Waals surface area (Å²) in [6.45, 7) is 2.50. The third-order valence-electron chi connectivity index (χ3n) is 4.89. The van der Waals surface area contributed by atoms with Crippen molar-refractivity contribution in [1.82, 2.24) is 15.6 Å². The van der Waals surface area contributed by atoms with Gasteiger partial charge in [-0.2, -0.15) is 10.2 Å². The van der Waals surface area contributed by atoms with E-state index in [2.05, 4.69) is 20.7 Å². The van der Waals surface area contributed by atoms with Crippen LogP contribution in [0.25, 0.3) is 22.4 Å². The zero-order valence-electron chi connectivity index (χ0n) is 18.0. The fourth-order valence-corrected chi connectivity index (χ4v) is 3.40.